The molecule has 0 unspecified atom stereocenters. The molecule has 2 rings (SSSR count). The van der Waals surface area contributed by atoms with Crippen molar-refractivity contribution in [3.05, 3.63) is 69.2 Å². The molecule has 0 fully saturated rings. The van der Waals surface area contributed by atoms with Crippen LogP contribution in [0.1, 0.15) is 29.7 Å². The highest BCUT2D eigenvalue weighted by Gasteiger charge is 2.05. The van der Waals surface area contributed by atoms with Crippen LogP contribution in [0.5, 0.6) is 0 Å². The molecule has 19 heavy (non-hydrogen) atoms. The standard InChI is InChI=1S/C16H17Cl2N/c1-11-3-4-13(9-16(11)18)10-19-12(2)14-5-7-15(17)8-6-14/h3-9,12,19H,10H2,1-2H3/t12-/m1/s1. The Morgan fingerprint density at radius 2 is 1.74 bits per heavy atom. The van der Waals surface area contributed by atoms with Gasteiger partial charge in [-0.3, -0.25) is 0 Å². The minimum atomic E-state index is 0.275. The topological polar surface area (TPSA) is 12.0 Å². The summed E-state index contributed by atoms with van der Waals surface area (Å²) in [6, 6.07) is 14.4. The summed E-state index contributed by atoms with van der Waals surface area (Å²) in [5, 5.41) is 5.06. The molecule has 1 atom stereocenters. The van der Waals surface area contributed by atoms with E-state index in [9.17, 15) is 0 Å². The van der Waals surface area contributed by atoms with Crippen molar-refractivity contribution in [3.8, 4) is 0 Å². The Balaban J connectivity index is 1.98. The molecule has 1 nitrogen and oxygen atoms in total. The molecule has 1 N–H and O–H groups in total. The van der Waals surface area contributed by atoms with E-state index in [-0.39, 0.29) is 6.04 Å². The van der Waals surface area contributed by atoms with E-state index in [4.69, 9.17) is 23.2 Å². The van der Waals surface area contributed by atoms with Gasteiger partial charge in [-0.1, -0.05) is 47.5 Å². The van der Waals surface area contributed by atoms with E-state index in [1.807, 2.05) is 43.3 Å². The first-order chi connectivity index (χ1) is 9.06. The number of aryl methyl sites for hydroxylation is 1. The van der Waals surface area contributed by atoms with Crippen LogP contribution in [0.15, 0.2) is 42.5 Å². The summed E-state index contributed by atoms with van der Waals surface area (Å²) in [5.41, 5.74) is 3.52. The SMILES string of the molecule is Cc1ccc(CN[C@H](C)c2ccc(Cl)cc2)cc1Cl. The van der Waals surface area contributed by atoms with Crippen molar-refractivity contribution in [3.63, 3.8) is 0 Å². The summed E-state index contributed by atoms with van der Waals surface area (Å²) in [6.07, 6.45) is 0. The van der Waals surface area contributed by atoms with Crippen molar-refractivity contribution in [1.82, 2.24) is 5.32 Å². The van der Waals surface area contributed by atoms with E-state index < -0.39 is 0 Å². The molecular formula is C16H17Cl2N. The molecule has 2 aromatic rings. The van der Waals surface area contributed by atoms with Crippen LogP contribution in [0, 0.1) is 6.92 Å². The maximum absolute atomic E-state index is 6.12. The van der Waals surface area contributed by atoms with Crippen LogP contribution in [0.4, 0.5) is 0 Å². The van der Waals surface area contributed by atoms with Crippen molar-refractivity contribution in [1.29, 1.82) is 0 Å². The van der Waals surface area contributed by atoms with Crippen LogP contribution in [0.25, 0.3) is 0 Å². The normalized spacial score (nSPS) is 12.4. The summed E-state index contributed by atoms with van der Waals surface area (Å²) >= 11 is 12.0. The second kappa shape index (κ2) is 6.42. The van der Waals surface area contributed by atoms with Gasteiger partial charge in [-0.15, -0.1) is 0 Å². The van der Waals surface area contributed by atoms with E-state index in [0.29, 0.717) is 0 Å². The van der Waals surface area contributed by atoms with Gasteiger partial charge in [0.15, 0.2) is 0 Å². The maximum Gasteiger partial charge on any atom is 0.0438 e. The lowest BCUT2D eigenvalue weighted by atomic mass is 10.1. The summed E-state index contributed by atoms with van der Waals surface area (Å²) in [7, 11) is 0. The fourth-order valence-corrected chi connectivity index (χ4v) is 2.22. The first-order valence-electron chi connectivity index (χ1n) is 6.30. The van der Waals surface area contributed by atoms with Crippen molar-refractivity contribution in [2.75, 3.05) is 0 Å². The molecule has 0 heterocycles. The molecule has 100 valence electrons. The lowest BCUT2D eigenvalue weighted by Crippen LogP contribution is -2.18. The Kier molecular flexibility index (Phi) is 4.87. The highest BCUT2D eigenvalue weighted by atomic mass is 35.5. The second-order valence-electron chi connectivity index (χ2n) is 4.74. The van der Waals surface area contributed by atoms with Crippen molar-refractivity contribution < 1.29 is 0 Å². The van der Waals surface area contributed by atoms with Gasteiger partial charge in [-0.2, -0.15) is 0 Å². The Labute approximate surface area is 124 Å². The van der Waals surface area contributed by atoms with Crippen molar-refractivity contribution in [2.45, 2.75) is 26.4 Å². The first kappa shape index (κ1) is 14.4. The number of hydrogen-bond acceptors (Lipinski definition) is 1. The zero-order valence-corrected chi connectivity index (χ0v) is 12.6. The first-order valence-corrected chi connectivity index (χ1v) is 7.06. The number of rotatable bonds is 4. The van der Waals surface area contributed by atoms with Gasteiger partial charge in [0, 0.05) is 22.6 Å². The molecule has 0 radical (unpaired) electrons. The number of nitrogens with one attached hydrogen (secondary N) is 1. The molecule has 0 saturated carbocycles. The molecule has 0 aliphatic carbocycles. The van der Waals surface area contributed by atoms with E-state index in [0.717, 1.165) is 22.2 Å². The summed E-state index contributed by atoms with van der Waals surface area (Å²) in [5.74, 6) is 0. The maximum atomic E-state index is 6.12. The minimum Gasteiger partial charge on any atom is -0.306 e. The third-order valence-corrected chi connectivity index (χ3v) is 3.88. The molecule has 0 aromatic heterocycles. The quantitative estimate of drug-likeness (QED) is 0.822. The van der Waals surface area contributed by atoms with Gasteiger partial charge in [-0.05, 0) is 48.7 Å². The van der Waals surface area contributed by atoms with Crippen LogP contribution in [-0.4, -0.2) is 0 Å². The fraction of sp³-hybridized carbons (Fsp3) is 0.250. The largest absolute Gasteiger partial charge is 0.306 e. The average Bonchev–Trinajstić information content (AvgIpc) is 2.40. The highest BCUT2D eigenvalue weighted by Crippen LogP contribution is 2.19. The monoisotopic (exact) mass is 293 g/mol. The predicted molar refractivity (Wildman–Crippen MR) is 82.9 cm³/mol. The van der Waals surface area contributed by atoms with Gasteiger partial charge in [0.25, 0.3) is 0 Å². The highest BCUT2D eigenvalue weighted by molar-refractivity contribution is 6.31. The minimum absolute atomic E-state index is 0.275. The molecule has 0 aliphatic heterocycles. The van der Waals surface area contributed by atoms with Crippen LogP contribution in [0.3, 0.4) is 0 Å². The smallest absolute Gasteiger partial charge is 0.0438 e. The zero-order valence-electron chi connectivity index (χ0n) is 11.1. The molecular weight excluding hydrogens is 277 g/mol. The summed E-state index contributed by atoms with van der Waals surface area (Å²) < 4.78 is 0. The molecule has 0 amide bonds. The van der Waals surface area contributed by atoms with Crippen LogP contribution >= 0.6 is 23.2 Å². The summed E-state index contributed by atoms with van der Waals surface area (Å²) in [4.78, 5) is 0. The van der Waals surface area contributed by atoms with Gasteiger partial charge in [0.05, 0.1) is 0 Å². The van der Waals surface area contributed by atoms with Crippen LogP contribution < -0.4 is 5.32 Å². The number of benzene rings is 2. The second-order valence-corrected chi connectivity index (χ2v) is 5.58. The number of hydrogen-bond donors (Lipinski definition) is 1. The van der Waals surface area contributed by atoms with Gasteiger partial charge >= 0.3 is 0 Å². The molecule has 0 saturated heterocycles. The van der Waals surface area contributed by atoms with E-state index in [2.05, 4.69) is 18.3 Å². The third-order valence-electron chi connectivity index (χ3n) is 3.22. The van der Waals surface area contributed by atoms with E-state index in [1.54, 1.807) is 0 Å². The molecule has 0 bridgehead atoms. The average molecular weight is 294 g/mol. The lowest BCUT2D eigenvalue weighted by Gasteiger charge is -2.15. The lowest BCUT2D eigenvalue weighted by molar-refractivity contribution is 0.575. The van der Waals surface area contributed by atoms with Crippen molar-refractivity contribution in [2.24, 2.45) is 0 Å². The molecule has 2 aromatic carbocycles. The molecule has 3 heteroatoms. The van der Waals surface area contributed by atoms with E-state index in [1.165, 1.54) is 11.1 Å². The Morgan fingerprint density at radius 1 is 1.05 bits per heavy atom. The Bertz CT molecular complexity index is 549. The third kappa shape index (κ3) is 3.97. The van der Waals surface area contributed by atoms with Gasteiger partial charge < -0.3 is 5.32 Å². The van der Waals surface area contributed by atoms with Gasteiger partial charge in [0.1, 0.15) is 0 Å². The molecule has 0 spiro atoms. The van der Waals surface area contributed by atoms with Crippen LogP contribution in [0.2, 0.25) is 10.0 Å². The predicted octanol–water partition coefficient (Wildman–Crippen LogP) is 5.15. The number of halogens is 2. The summed E-state index contributed by atoms with van der Waals surface area (Å²) in [6.45, 7) is 4.94. The van der Waals surface area contributed by atoms with Crippen LogP contribution in [-0.2, 0) is 6.54 Å². The Hall–Kier alpha value is -1.02. The van der Waals surface area contributed by atoms with Gasteiger partial charge in [0.2, 0.25) is 0 Å². The van der Waals surface area contributed by atoms with Gasteiger partial charge in [-0.25, -0.2) is 0 Å². The fourth-order valence-electron chi connectivity index (χ4n) is 1.89. The van der Waals surface area contributed by atoms with E-state index >= 15 is 0 Å². The van der Waals surface area contributed by atoms with Crippen molar-refractivity contribution >= 4 is 23.2 Å². The Morgan fingerprint density at radius 3 is 2.37 bits per heavy atom. The molecule has 0 aliphatic rings. The zero-order chi connectivity index (χ0) is 13.8.